The van der Waals surface area contributed by atoms with Crippen LogP contribution in [0.25, 0.3) is 5.69 Å². The van der Waals surface area contributed by atoms with Crippen molar-refractivity contribution in [2.75, 3.05) is 26.7 Å². The van der Waals surface area contributed by atoms with Crippen molar-refractivity contribution in [2.45, 2.75) is 25.9 Å². The normalized spacial score (nSPS) is 20.8. The second-order valence-corrected chi connectivity index (χ2v) is 5.64. The van der Waals surface area contributed by atoms with Gasteiger partial charge in [-0.15, -0.1) is 5.10 Å². The maximum Gasteiger partial charge on any atom is 0.170 e. The summed E-state index contributed by atoms with van der Waals surface area (Å²) in [6, 6.07) is 10.6. The molecule has 1 unspecified atom stereocenters. The topological polar surface area (TPSA) is 50.1 Å². The van der Waals surface area contributed by atoms with Gasteiger partial charge < -0.3 is 4.90 Å². The van der Waals surface area contributed by atoms with E-state index in [4.69, 9.17) is 0 Å². The monoisotopic (exact) mass is 286 g/mol. The highest BCUT2D eigenvalue weighted by molar-refractivity contribution is 5.30. The number of piperazine rings is 1. The number of likely N-dealkylation sites (N-methyl/N-ethyl adjacent to an activating group) is 1. The van der Waals surface area contributed by atoms with Crippen molar-refractivity contribution in [2.24, 2.45) is 0 Å². The van der Waals surface area contributed by atoms with Gasteiger partial charge in [0.25, 0.3) is 0 Å². The van der Waals surface area contributed by atoms with Crippen LogP contribution < -0.4 is 0 Å². The summed E-state index contributed by atoms with van der Waals surface area (Å²) in [6.45, 7) is 6.33. The van der Waals surface area contributed by atoms with Gasteiger partial charge in [0.1, 0.15) is 0 Å². The minimum atomic E-state index is 0.574. The van der Waals surface area contributed by atoms with Gasteiger partial charge in [-0.1, -0.05) is 25.1 Å². The molecule has 0 bridgehead atoms. The molecule has 0 saturated carbocycles. The highest BCUT2D eigenvalue weighted by Gasteiger charge is 2.25. The van der Waals surface area contributed by atoms with E-state index in [1.807, 2.05) is 35.0 Å². The van der Waals surface area contributed by atoms with Crippen molar-refractivity contribution >= 4 is 0 Å². The molecule has 1 fully saturated rings. The first-order chi connectivity index (χ1) is 10.3. The first kappa shape index (κ1) is 14.2. The van der Waals surface area contributed by atoms with Crippen LogP contribution in [0.3, 0.4) is 0 Å². The van der Waals surface area contributed by atoms with E-state index in [1.165, 1.54) is 0 Å². The fraction of sp³-hybridized carbons (Fsp3) is 0.533. The molecule has 0 radical (unpaired) electrons. The lowest BCUT2D eigenvalue weighted by molar-refractivity contribution is 0.0784. The van der Waals surface area contributed by atoms with E-state index in [1.54, 1.807) is 0 Å². The molecular formula is C15H22N6. The predicted molar refractivity (Wildman–Crippen MR) is 81.1 cm³/mol. The number of rotatable bonds is 4. The predicted octanol–water partition coefficient (Wildman–Crippen LogP) is 1.19. The Kier molecular flexibility index (Phi) is 4.26. The molecule has 0 amide bonds. The summed E-state index contributed by atoms with van der Waals surface area (Å²) in [5, 5.41) is 12.2. The van der Waals surface area contributed by atoms with Crippen molar-refractivity contribution in [1.82, 2.24) is 30.0 Å². The summed E-state index contributed by atoms with van der Waals surface area (Å²) >= 11 is 0. The SMILES string of the molecule is CCC1CN(C)CCN1Cc1nnnn1-c1ccccc1. The molecule has 0 spiro atoms. The third-order valence-corrected chi connectivity index (χ3v) is 4.16. The maximum absolute atomic E-state index is 4.22. The molecule has 2 heterocycles. The van der Waals surface area contributed by atoms with E-state index in [9.17, 15) is 0 Å². The minimum Gasteiger partial charge on any atom is -0.304 e. The van der Waals surface area contributed by atoms with E-state index < -0.39 is 0 Å². The van der Waals surface area contributed by atoms with E-state index in [-0.39, 0.29) is 0 Å². The van der Waals surface area contributed by atoms with Crippen molar-refractivity contribution in [3.05, 3.63) is 36.2 Å². The molecule has 2 aromatic rings. The van der Waals surface area contributed by atoms with E-state index in [0.717, 1.165) is 44.1 Å². The summed E-state index contributed by atoms with van der Waals surface area (Å²) in [4.78, 5) is 4.88. The highest BCUT2D eigenvalue weighted by atomic mass is 15.5. The molecule has 1 aromatic carbocycles. The quantitative estimate of drug-likeness (QED) is 0.845. The second kappa shape index (κ2) is 6.32. The highest BCUT2D eigenvalue weighted by Crippen LogP contribution is 2.16. The Morgan fingerprint density at radius 2 is 2.00 bits per heavy atom. The van der Waals surface area contributed by atoms with E-state index >= 15 is 0 Å². The number of benzene rings is 1. The fourth-order valence-corrected chi connectivity index (χ4v) is 2.90. The summed E-state index contributed by atoms with van der Waals surface area (Å²) < 4.78 is 1.84. The fourth-order valence-electron chi connectivity index (χ4n) is 2.90. The number of tetrazole rings is 1. The van der Waals surface area contributed by atoms with E-state index in [0.29, 0.717) is 6.04 Å². The van der Waals surface area contributed by atoms with E-state index in [2.05, 4.69) is 39.3 Å². The maximum atomic E-state index is 4.22. The van der Waals surface area contributed by atoms with Crippen molar-refractivity contribution in [3.8, 4) is 5.69 Å². The number of nitrogens with zero attached hydrogens (tertiary/aromatic N) is 6. The lowest BCUT2D eigenvalue weighted by atomic mass is 10.1. The molecule has 6 heteroatoms. The standard InChI is InChI=1S/C15H22N6/c1-3-13-11-19(2)9-10-20(13)12-15-16-17-18-21(15)14-7-5-4-6-8-14/h4-8,13H,3,9-12H2,1-2H3. The van der Waals surface area contributed by atoms with Gasteiger partial charge >= 0.3 is 0 Å². The van der Waals surface area contributed by atoms with Gasteiger partial charge in [0.15, 0.2) is 5.82 Å². The van der Waals surface area contributed by atoms with Crippen molar-refractivity contribution in [3.63, 3.8) is 0 Å². The number of hydrogen-bond acceptors (Lipinski definition) is 5. The van der Waals surface area contributed by atoms with Crippen LogP contribution in [0, 0.1) is 0 Å². The molecule has 0 N–H and O–H groups in total. The summed E-state index contributed by atoms with van der Waals surface area (Å²) in [5.74, 6) is 0.907. The molecule has 1 saturated heterocycles. The molecule has 3 rings (SSSR count). The molecule has 1 aromatic heterocycles. The Morgan fingerprint density at radius 3 is 2.76 bits per heavy atom. The molecule has 1 aliphatic heterocycles. The molecular weight excluding hydrogens is 264 g/mol. The van der Waals surface area contributed by atoms with Gasteiger partial charge in [0.05, 0.1) is 12.2 Å². The zero-order chi connectivity index (χ0) is 14.7. The minimum absolute atomic E-state index is 0.574. The lowest BCUT2D eigenvalue weighted by Crippen LogP contribution is -2.51. The summed E-state index contributed by atoms with van der Waals surface area (Å²) in [6.07, 6.45) is 1.15. The van der Waals surface area contributed by atoms with Crippen LogP contribution in [0.5, 0.6) is 0 Å². The van der Waals surface area contributed by atoms with Gasteiger partial charge in [-0.3, -0.25) is 4.90 Å². The van der Waals surface area contributed by atoms with Crippen molar-refractivity contribution in [1.29, 1.82) is 0 Å². The average molecular weight is 286 g/mol. The molecule has 21 heavy (non-hydrogen) atoms. The molecule has 1 atom stereocenters. The van der Waals surface area contributed by atoms with Crippen LogP contribution in [-0.2, 0) is 6.54 Å². The largest absolute Gasteiger partial charge is 0.304 e. The Hall–Kier alpha value is -1.79. The molecule has 0 aliphatic carbocycles. The van der Waals surface area contributed by atoms with Gasteiger partial charge in [0.2, 0.25) is 0 Å². The Bertz CT molecular complexity index is 567. The summed E-state index contributed by atoms with van der Waals surface area (Å²) in [7, 11) is 2.19. The third kappa shape index (κ3) is 3.11. The van der Waals surface area contributed by atoms with Gasteiger partial charge in [-0.05, 0) is 36.0 Å². The van der Waals surface area contributed by atoms with Gasteiger partial charge in [0, 0.05) is 25.7 Å². The second-order valence-electron chi connectivity index (χ2n) is 5.64. The smallest absolute Gasteiger partial charge is 0.170 e. The van der Waals surface area contributed by atoms with Crippen LogP contribution in [0.1, 0.15) is 19.2 Å². The van der Waals surface area contributed by atoms with Crippen LogP contribution in [0.2, 0.25) is 0 Å². The van der Waals surface area contributed by atoms with Crippen LogP contribution in [-0.4, -0.2) is 62.7 Å². The Labute approximate surface area is 125 Å². The van der Waals surface area contributed by atoms with Crippen molar-refractivity contribution < 1.29 is 0 Å². The summed E-state index contributed by atoms with van der Waals surface area (Å²) in [5.41, 5.74) is 1.01. The molecule has 112 valence electrons. The zero-order valence-corrected chi connectivity index (χ0v) is 12.7. The first-order valence-corrected chi connectivity index (χ1v) is 7.53. The Balaban J connectivity index is 1.78. The number of hydrogen-bond donors (Lipinski definition) is 0. The number of para-hydroxylation sites is 1. The first-order valence-electron chi connectivity index (χ1n) is 7.53. The van der Waals surface area contributed by atoms with Gasteiger partial charge in [-0.2, -0.15) is 4.68 Å². The average Bonchev–Trinajstić information content (AvgIpc) is 2.98. The third-order valence-electron chi connectivity index (χ3n) is 4.16. The number of aromatic nitrogens is 4. The van der Waals surface area contributed by atoms with Crippen LogP contribution >= 0.6 is 0 Å². The van der Waals surface area contributed by atoms with Crippen LogP contribution in [0.15, 0.2) is 30.3 Å². The Morgan fingerprint density at radius 1 is 1.19 bits per heavy atom. The molecule has 6 nitrogen and oxygen atoms in total. The van der Waals surface area contributed by atoms with Gasteiger partial charge in [-0.25, -0.2) is 0 Å². The lowest BCUT2D eigenvalue weighted by Gasteiger charge is -2.39. The van der Waals surface area contributed by atoms with Crippen LogP contribution in [0.4, 0.5) is 0 Å². The molecule has 1 aliphatic rings. The zero-order valence-electron chi connectivity index (χ0n) is 12.7.